The molecule has 0 saturated heterocycles. The summed E-state index contributed by atoms with van der Waals surface area (Å²) in [6.07, 6.45) is 1.85. The Morgan fingerprint density at radius 1 is 1.00 bits per heavy atom. The Morgan fingerprint density at radius 2 is 1.67 bits per heavy atom. The van der Waals surface area contributed by atoms with Crippen molar-refractivity contribution in [2.45, 2.75) is 32.7 Å². The molecule has 0 spiro atoms. The Morgan fingerprint density at radius 3 is 2.24 bits per heavy atom. The molecule has 0 aliphatic heterocycles. The first-order valence-electron chi connectivity index (χ1n) is 7.44. The molecular formula is C18H22N2O. The van der Waals surface area contributed by atoms with Gasteiger partial charge in [-0.15, -0.1) is 0 Å². The third-order valence-electron chi connectivity index (χ3n) is 3.54. The number of carbonyl (C=O) groups excluding carboxylic acids is 1. The zero-order chi connectivity index (χ0) is 15.1. The zero-order valence-electron chi connectivity index (χ0n) is 12.6. The van der Waals surface area contributed by atoms with E-state index < -0.39 is 0 Å². The van der Waals surface area contributed by atoms with Crippen LogP contribution in [0.4, 0.5) is 10.5 Å². The lowest BCUT2D eigenvalue weighted by atomic mass is 10.1. The van der Waals surface area contributed by atoms with Crippen molar-refractivity contribution >= 4 is 11.7 Å². The van der Waals surface area contributed by atoms with E-state index in [1.807, 2.05) is 54.6 Å². The number of urea groups is 1. The van der Waals surface area contributed by atoms with Crippen molar-refractivity contribution in [3.8, 4) is 0 Å². The molecule has 3 heteroatoms. The fraction of sp³-hybridized carbons (Fsp3) is 0.278. The van der Waals surface area contributed by atoms with Gasteiger partial charge in [-0.2, -0.15) is 0 Å². The second-order valence-electron chi connectivity index (χ2n) is 5.02. The number of carbonyl (C=O) groups is 1. The highest BCUT2D eigenvalue weighted by molar-refractivity contribution is 5.89. The van der Waals surface area contributed by atoms with Crippen LogP contribution in [0.1, 0.15) is 37.4 Å². The highest BCUT2D eigenvalue weighted by atomic mass is 16.2. The summed E-state index contributed by atoms with van der Waals surface area (Å²) in [5.41, 5.74) is 3.20. The highest BCUT2D eigenvalue weighted by Crippen LogP contribution is 2.16. The van der Waals surface area contributed by atoms with Crippen molar-refractivity contribution in [2.75, 3.05) is 5.32 Å². The van der Waals surface area contributed by atoms with Crippen molar-refractivity contribution in [2.24, 2.45) is 0 Å². The predicted molar refractivity (Wildman–Crippen MR) is 87.4 cm³/mol. The van der Waals surface area contributed by atoms with Gasteiger partial charge in [0.1, 0.15) is 0 Å². The Kier molecular flexibility index (Phi) is 5.38. The lowest BCUT2D eigenvalue weighted by Gasteiger charge is -2.18. The van der Waals surface area contributed by atoms with Crippen LogP contribution < -0.4 is 10.6 Å². The number of aryl methyl sites for hydroxylation is 1. The van der Waals surface area contributed by atoms with Crippen LogP contribution in [0, 0.1) is 0 Å². The SMILES string of the molecule is CCc1ccc(NC(=O)NC(CC)c2ccccc2)cc1. The van der Waals surface area contributed by atoms with Gasteiger partial charge in [0.2, 0.25) is 0 Å². The average molecular weight is 282 g/mol. The predicted octanol–water partition coefficient (Wildman–Crippen LogP) is 4.52. The van der Waals surface area contributed by atoms with Crippen LogP contribution in [0.3, 0.4) is 0 Å². The maximum atomic E-state index is 12.1. The molecule has 21 heavy (non-hydrogen) atoms. The van der Waals surface area contributed by atoms with E-state index in [-0.39, 0.29) is 12.1 Å². The van der Waals surface area contributed by atoms with Crippen LogP contribution >= 0.6 is 0 Å². The molecule has 3 nitrogen and oxygen atoms in total. The number of anilines is 1. The fourth-order valence-electron chi connectivity index (χ4n) is 2.26. The van der Waals surface area contributed by atoms with Gasteiger partial charge in [0.25, 0.3) is 0 Å². The third-order valence-corrected chi connectivity index (χ3v) is 3.54. The summed E-state index contributed by atoms with van der Waals surface area (Å²) in [4.78, 5) is 12.1. The van der Waals surface area contributed by atoms with E-state index in [0.29, 0.717) is 0 Å². The van der Waals surface area contributed by atoms with Gasteiger partial charge in [-0.25, -0.2) is 4.79 Å². The Bertz CT molecular complexity index is 564. The number of hydrogen-bond donors (Lipinski definition) is 2. The summed E-state index contributed by atoms with van der Waals surface area (Å²) in [6, 6.07) is 17.8. The van der Waals surface area contributed by atoms with Crippen molar-refractivity contribution < 1.29 is 4.79 Å². The molecule has 0 aromatic heterocycles. The lowest BCUT2D eigenvalue weighted by molar-refractivity contribution is 0.248. The summed E-state index contributed by atoms with van der Waals surface area (Å²) in [5.74, 6) is 0. The molecule has 0 radical (unpaired) electrons. The maximum Gasteiger partial charge on any atom is 0.319 e. The molecular weight excluding hydrogens is 260 g/mol. The minimum absolute atomic E-state index is 0.0288. The molecule has 1 unspecified atom stereocenters. The van der Waals surface area contributed by atoms with Crippen LogP contribution in [-0.2, 0) is 6.42 Å². The van der Waals surface area contributed by atoms with Crippen LogP contribution in [0.25, 0.3) is 0 Å². The van der Waals surface area contributed by atoms with Crippen molar-refractivity contribution in [3.05, 3.63) is 65.7 Å². The molecule has 0 bridgehead atoms. The van der Waals surface area contributed by atoms with Gasteiger partial charge in [-0.3, -0.25) is 0 Å². The van der Waals surface area contributed by atoms with E-state index in [1.54, 1.807) is 0 Å². The first kappa shape index (κ1) is 15.1. The van der Waals surface area contributed by atoms with E-state index in [0.717, 1.165) is 24.1 Å². The molecule has 1 atom stereocenters. The fourth-order valence-corrected chi connectivity index (χ4v) is 2.26. The summed E-state index contributed by atoms with van der Waals surface area (Å²) < 4.78 is 0. The first-order chi connectivity index (χ1) is 10.2. The maximum absolute atomic E-state index is 12.1. The number of amides is 2. The Labute approximate surface area is 126 Å². The average Bonchev–Trinajstić information content (AvgIpc) is 2.54. The summed E-state index contributed by atoms with van der Waals surface area (Å²) in [5, 5.41) is 5.89. The van der Waals surface area contributed by atoms with Gasteiger partial charge in [0, 0.05) is 5.69 Å². The minimum atomic E-state index is -0.171. The number of rotatable bonds is 5. The van der Waals surface area contributed by atoms with Gasteiger partial charge < -0.3 is 10.6 Å². The topological polar surface area (TPSA) is 41.1 Å². The van der Waals surface area contributed by atoms with Crippen LogP contribution in [0.2, 0.25) is 0 Å². The first-order valence-corrected chi connectivity index (χ1v) is 7.44. The van der Waals surface area contributed by atoms with Gasteiger partial charge in [0.05, 0.1) is 6.04 Å². The lowest BCUT2D eigenvalue weighted by Crippen LogP contribution is -2.32. The van der Waals surface area contributed by atoms with E-state index in [2.05, 4.69) is 24.5 Å². The summed E-state index contributed by atoms with van der Waals surface area (Å²) in [6.45, 7) is 4.18. The molecule has 0 saturated carbocycles. The molecule has 2 aromatic carbocycles. The van der Waals surface area contributed by atoms with Gasteiger partial charge in [0.15, 0.2) is 0 Å². The van der Waals surface area contributed by atoms with Crippen LogP contribution in [0.15, 0.2) is 54.6 Å². The largest absolute Gasteiger partial charge is 0.331 e. The molecule has 2 rings (SSSR count). The molecule has 2 amide bonds. The second-order valence-corrected chi connectivity index (χ2v) is 5.02. The van der Waals surface area contributed by atoms with E-state index in [9.17, 15) is 4.79 Å². The van der Waals surface area contributed by atoms with Gasteiger partial charge in [-0.05, 0) is 36.1 Å². The molecule has 2 aromatic rings. The molecule has 0 fully saturated rings. The zero-order valence-corrected chi connectivity index (χ0v) is 12.6. The third kappa shape index (κ3) is 4.35. The summed E-state index contributed by atoms with van der Waals surface area (Å²) in [7, 11) is 0. The number of benzene rings is 2. The molecule has 110 valence electrons. The normalized spacial score (nSPS) is 11.7. The minimum Gasteiger partial charge on any atom is -0.331 e. The van der Waals surface area contributed by atoms with Crippen molar-refractivity contribution in [1.82, 2.24) is 5.32 Å². The van der Waals surface area contributed by atoms with Crippen molar-refractivity contribution in [1.29, 1.82) is 0 Å². The molecule has 0 aliphatic carbocycles. The number of hydrogen-bond acceptors (Lipinski definition) is 1. The van der Waals surface area contributed by atoms with E-state index >= 15 is 0 Å². The van der Waals surface area contributed by atoms with Crippen LogP contribution in [-0.4, -0.2) is 6.03 Å². The Hall–Kier alpha value is -2.29. The van der Waals surface area contributed by atoms with E-state index in [4.69, 9.17) is 0 Å². The molecule has 0 aliphatic rings. The van der Waals surface area contributed by atoms with E-state index in [1.165, 1.54) is 5.56 Å². The van der Waals surface area contributed by atoms with Crippen molar-refractivity contribution in [3.63, 3.8) is 0 Å². The summed E-state index contributed by atoms with van der Waals surface area (Å²) >= 11 is 0. The smallest absolute Gasteiger partial charge is 0.319 e. The van der Waals surface area contributed by atoms with Gasteiger partial charge in [-0.1, -0.05) is 56.3 Å². The Balaban J connectivity index is 1.96. The van der Waals surface area contributed by atoms with Crippen LogP contribution in [0.5, 0.6) is 0 Å². The van der Waals surface area contributed by atoms with Gasteiger partial charge >= 0.3 is 6.03 Å². The highest BCUT2D eigenvalue weighted by Gasteiger charge is 2.12. The second kappa shape index (κ2) is 7.48. The number of nitrogens with one attached hydrogen (secondary N) is 2. The monoisotopic (exact) mass is 282 g/mol. The quantitative estimate of drug-likeness (QED) is 0.831. The molecule has 0 heterocycles. The molecule has 2 N–H and O–H groups in total. The standard InChI is InChI=1S/C18H22N2O/c1-3-14-10-12-16(13-11-14)19-18(21)20-17(4-2)15-8-6-5-7-9-15/h5-13,17H,3-4H2,1-2H3,(H2,19,20,21).